The highest BCUT2D eigenvalue weighted by atomic mass is 16.5. The standard InChI is InChI=1S/C11H10N2O3.C2H6/c1-2-16-11(15)9-12-8-6-4-3-5-7(8)10(14)13-9;1-2/h3-6H,2H2,1H3,(H,12,13,14);1-2H3. The van der Waals surface area contributed by atoms with Crippen molar-refractivity contribution in [1.82, 2.24) is 9.97 Å². The van der Waals surface area contributed by atoms with Gasteiger partial charge in [-0.3, -0.25) is 4.79 Å². The van der Waals surface area contributed by atoms with Crippen LogP contribution < -0.4 is 5.56 Å². The third kappa shape index (κ3) is 2.94. The van der Waals surface area contributed by atoms with E-state index in [4.69, 9.17) is 4.74 Å². The first-order valence-electron chi connectivity index (χ1n) is 5.88. The molecule has 0 unspecified atom stereocenters. The number of fused-ring (bicyclic) bond motifs is 1. The fraction of sp³-hybridized carbons (Fsp3) is 0.308. The van der Waals surface area contributed by atoms with E-state index in [0.29, 0.717) is 10.9 Å². The lowest BCUT2D eigenvalue weighted by Crippen LogP contribution is -2.17. The largest absolute Gasteiger partial charge is 0.460 e. The molecule has 0 bridgehead atoms. The van der Waals surface area contributed by atoms with Crippen molar-refractivity contribution in [3.63, 3.8) is 0 Å². The minimum Gasteiger partial charge on any atom is -0.460 e. The normalized spacial score (nSPS) is 9.50. The van der Waals surface area contributed by atoms with Crippen LogP contribution in [-0.2, 0) is 4.74 Å². The Morgan fingerprint density at radius 1 is 1.33 bits per heavy atom. The first-order chi connectivity index (χ1) is 8.72. The maximum absolute atomic E-state index is 11.6. The average molecular weight is 248 g/mol. The van der Waals surface area contributed by atoms with Crippen molar-refractivity contribution in [3.05, 3.63) is 40.4 Å². The summed E-state index contributed by atoms with van der Waals surface area (Å²) in [6.45, 7) is 5.94. The number of aromatic nitrogens is 2. The van der Waals surface area contributed by atoms with Gasteiger partial charge in [0.25, 0.3) is 5.56 Å². The first-order valence-corrected chi connectivity index (χ1v) is 5.88. The Hall–Kier alpha value is -2.17. The number of esters is 1. The Balaban J connectivity index is 0.000000771. The van der Waals surface area contributed by atoms with E-state index in [9.17, 15) is 9.59 Å². The van der Waals surface area contributed by atoms with Crippen LogP contribution in [-0.4, -0.2) is 22.5 Å². The van der Waals surface area contributed by atoms with Gasteiger partial charge in [-0.15, -0.1) is 0 Å². The molecule has 0 spiro atoms. The van der Waals surface area contributed by atoms with Gasteiger partial charge in [0.05, 0.1) is 17.5 Å². The van der Waals surface area contributed by atoms with Gasteiger partial charge in [-0.2, -0.15) is 0 Å². The van der Waals surface area contributed by atoms with Crippen molar-refractivity contribution in [1.29, 1.82) is 0 Å². The van der Waals surface area contributed by atoms with Crippen molar-refractivity contribution in [2.75, 3.05) is 6.61 Å². The van der Waals surface area contributed by atoms with Crippen LogP contribution in [0.4, 0.5) is 0 Å². The zero-order valence-corrected chi connectivity index (χ0v) is 10.7. The second-order valence-electron chi connectivity index (χ2n) is 3.15. The molecule has 0 atom stereocenters. The highest BCUT2D eigenvalue weighted by Crippen LogP contribution is 2.05. The SMILES string of the molecule is CC.CCOC(=O)c1nc2ccccc2c(=O)[nH]1. The summed E-state index contributed by atoms with van der Waals surface area (Å²) in [6.07, 6.45) is 0. The number of carbonyl (C=O) groups excluding carboxylic acids is 1. The van der Waals surface area contributed by atoms with E-state index in [-0.39, 0.29) is 18.0 Å². The quantitative estimate of drug-likeness (QED) is 0.826. The number of ether oxygens (including phenoxy) is 1. The topological polar surface area (TPSA) is 72.0 Å². The van der Waals surface area contributed by atoms with Gasteiger partial charge in [0.15, 0.2) is 0 Å². The molecule has 0 fully saturated rings. The Bertz CT molecular complexity index is 590. The molecular formula is C13H16N2O3. The predicted octanol–water partition coefficient (Wildman–Crippen LogP) is 2.13. The number of aromatic amines is 1. The maximum atomic E-state index is 11.6. The van der Waals surface area contributed by atoms with E-state index in [1.165, 1.54) is 0 Å². The molecule has 0 aliphatic rings. The molecule has 0 amide bonds. The number of H-pyrrole nitrogens is 1. The molecule has 5 heteroatoms. The number of hydrogen-bond acceptors (Lipinski definition) is 4. The molecule has 2 rings (SSSR count). The van der Waals surface area contributed by atoms with Gasteiger partial charge in [-0.1, -0.05) is 26.0 Å². The van der Waals surface area contributed by atoms with Crippen molar-refractivity contribution in [2.24, 2.45) is 0 Å². The van der Waals surface area contributed by atoms with E-state index in [0.717, 1.165) is 0 Å². The summed E-state index contributed by atoms with van der Waals surface area (Å²) in [5, 5.41) is 0.454. The maximum Gasteiger partial charge on any atom is 0.374 e. The molecule has 0 radical (unpaired) electrons. The molecule has 96 valence electrons. The van der Waals surface area contributed by atoms with E-state index in [1.807, 2.05) is 13.8 Å². The Labute approximate surface area is 105 Å². The van der Waals surface area contributed by atoms with Gasteiger partial charge in [0.2, 0.25) is 5.82 Å². The number of hydrogen-bond donors (Lipinski definition) is 1. The van der Waals surface area contributed by atoms with Crippen molar-refractivity contribution in [3.8, 4) is 0 Å². The Kier molecular flexibility index (Phi) is 5.05. The summed E-state index contributed by atoms with van der Waals surface area (Å²) in [5.41, 5.74) is 0.142. The van der Waals surface area contributed by atoms with E-state index < -0.39 is 5.97 Å². The highest BCUT2D eigenvalue weighted by molar-refractivity contribution is 5.88. The number of nitrogens with zero attached hydrogens (tertiary/aromatic N) is 1. The third-order valence-corrected chi connectivity index (χ3v) is 2.08. The molecule has 1 aromatic heterocycles. The minimum absolute atomic E-state index is 0.0643. The summed E-state index contributed by atoms with van der Waals surface area (Å²) in [7, 11) is 0. The summed E-state index contributed by atoms with van der Waals surface area (Å²) < 4.78 is 4.76. The molecule has 0 saturated carbocycles. The van der Waals surface area contributed by atoms with Crippen molar-refractivity contribution >= 4 is 16.9 Å². The smallest absolute Gasteiger partial charge is 0.374 e. The zero-order valence-electron chi connectivity index (χ0n) is 10.7. The molecule has 0 aliphatic carbocycles. The summed E-state index contributed by atoms with van der Waals surface area (Å²) in [4.78, 5) is 29.4. The second kappa shape index (κ2) is 6.54. The summed E-state index contributed by atoms with van der Waals surface area (Å²) >= 11 is 0. The number of rotatable bonds is 2. The van der Waals surface area contributed by atoms with Gasteiger partial charge in [-0.05, 0) is 19.1 Å². The van der Waals surface area contributed by atoms with Crippen LogP contribution in [0.25, 0.3) is 10.9 Å². The molecule has 1 aromatic carbocycles. The van der Waals surface area contributed by atoms with Crippen molar-refractivity contribution < 1.29 is 9.53 Å². The molecule has 0 saturated heterocycles. The van der Waals surface area contributed by atoms with Crippen LogP contribution in [0.1, 0.15) is 31.4 Å². The van der Waals surface area contributed by atoms with Crippen LogP contribution >= 0.6 is 0 Å². The molecule has 1 N–H and O–H groups in total. The van der Waals surface area contributed by atoms with Crippen LogP contribution in [0, 0.1) is 0 Å². The minimum atomic E-state index is -0.620. The van der Waals surface area contributed by atoms with Gasteiger partial charge in [-0.25, -0.2) is 9.78 Å². The monoisotopic (exact) mass is 248 g/mol. The lowest BCUT2D eigenvalue weighted by atomic mass is 10.2. The van der Waals surface area contributed by atoms with E-state index in [2.05, 4.69) is 9.97 Å². The van der Waals surface area contributed by atoms with Gasteiger partial charge in [0, 0.05) is 0 Å². The second-order valence-corrected chi connectivity index (χ2v) is 3.15. The lowest BCUT2D eigenvalue weighted by Gasteiger charge is -2.01. The summed E-state index contributed by atoms with van der Waals surface area (Å²) in [6, 6.07) is 6.82. The third-order valence-electron chi connectivity index (χ3n) is 2.08. The lowest BCUT2D eigenvalue weighted by molar-refractivity contribution is 0.0512. The fourth-order valence-corrected chi connectivity index (χ4v) is 1.38. The van der Waals surface area contributed by atoms with Crippen LogP contribution in [0.2, 0.25) is 0 Å². The molecule has 0 aliphatic heterocycles. The van der Waals surface area contributed by atoms with Gasteiger partial charge in [0.1, 0.15) is 0 Å². The number of benzene rings is 1. The number of carbonyl (C=O) groups is 1. The van der Waals surface area contributed by atoms with Crippen LogP contribution in [0.5, 0.6) is 0 Å². The van der Waals surface area contributed by atoms with E-state index in [1.54, 1.807) is 31.2 Å². The summed E-state index contributed by atoms with van der Waals surface area (Å²) in [5.74, 6) is -0.684. The van der Waals surface area contributed by atoms with Crippen LogP contribution in [0.15, 0.2) is 29.1 Å². The fourth-order valence-electron chi connectivity index (χ4n) is 1.38. The Morgan fingerprint density at radius 3 is 2.67 bits per heavy atom. The molecular weight excluding hydrogens is 232 g/mol. The predicted molar refractivity (Wildman–Crippen MR) is 69.7 cm³/mol. The first kappa shape index (κ1) is 13.9. The molecule has 1 heterocycles. The van der Waals surface area contributed by atoms with Crippen LogP contribution in [0.3, 0.4) is 0 Å². The Morgan fingerprint density at radius 2 is 2.00 bits per heavy atom. The van der Waals surface area contributed by atoms with Crippen molar-refractivity contribution in [2.45, 2.75) is 20.8 Å². The highest BCUT2D eigenvalue weighted by Gasteiger charge is 2.11. The average Bonchev–Trinajstić information content (AvgIpc) is 2.41. The number of para-hydroxylation sites is 1. The molecule has 2 aromatic rings. The van der Waals surface area contributed by atoms with Gasteiger partial charge < -0.3 is 9.72 Å². The molecule has 5 nitrogen and oxygen atoms in total. The number of nitrogens with one attached hydrogen (secondary N) is 1. The zero-order chi connectivity index (χ0) is 13.5. The van der Waals surface area contributed by atoms with E-state index >= 15 is 0 Å². The molecule has 18 heavy (non-hydrogen) atoms. The van der Waals surface area contributed by atoms with Gasteiger partial charge >= 0.3 is 5.97 Å².